The molecule has 2 atom stereocenters. The fraction of sp³-hybridized carbons (Fsp3) is 0.933. The maximum absolute atomic E-state index is 12.0. The summed E-state index contributed by atoms with van der Waals surface area (Å²) in [5.41, 5.74) is 5.20. The standard InChI is InChI=1S/C15H29N3O2/c1-3-17-15(14(16)19)8-4-5-13(11-15)18(9-10-20-2)12-6-7-12/h12-13,17H,3-11H2,1-2H3,(H2,16,19). The highest BCUT2D eigenvalue weighted by Crippen LogP contribution is 2.36. The number of methoxy groups -OCH3 is 1. The van der Waals surface area contributed by atoms with E-state index in [1.807, 2.05) is 6.92 Å². The van der Waals surface area contributed by atoms with Crippen molar-refractivity contribution in [1.29, 1.82) is 0 Å². The van der Waals surface area contributed by atoms with Crippen molar-refractivity contribution in [2.24, 2.45) is 5.73 Å². The van der Waals surface area contributed by atoms with Crippen molar-refractivity contribution >= 4 is 5.91 Å². The molecule has 0 radical (unpaired) electrons. The number of rotatable bonds is 8. The molecule has 0 spiro atoms. The first-order valence-corrected chi connectivity index (χ1v) is 7.92. The first kappa shape index (κ1) is 15.7. The highest BCUT2D eigenvalue weighted by atomic mass is 16.5. The molecule has 2 rings (SSSR count). The van der Waals surface area contributed by atoms with Gasteiger partial charge in [-0.3, -0.25) is 9.69 Å². The van der Waals surface area contributed by atoms with Crippen molar-refractivity contribution in [1.82, 2.24) is 10.2 Å². The normalized spacial score (nSPS) is 30.6. The van der Waals surface area contributed by atoms with Gasteiger partial charge in [0.15, 0.2) is 0 Å². The molecule has 0 bridgehead atoms. The summed E-state index contributed by atoms with van der Waals surface area (Å²) in [4.78, 5) is 14.5. The van der Waals surface area contributed by atoms with E-state index >= 15 is 0 Å². The fourth-order valence-corrected chi connectivity index (χ4v) is 3.60. The summed E-state index contributed by atoms with van der Waals surface area (Å²) in [5.74, 6) is -0.188. The number of carbonyl (C=O) groups is 1. The van der Waals surface area contributed by atoms with Crippen molar-refractivity contribution in [2.45, 2.75) is 63.1 Å². The number of likely N-dealkylation sites (N-methyl/N-ethyl adjacent to an activating group) is 1. The molecule has 0 aromatic carbocycles. The minimum absolute atomic E-state index is 0.188. The molecular formula is C15H29N3O2. The number of hydrogen-bond donors (Lipinski definition) is 2. The number of nitrogens with one attached hydrogen (secondary N) is 1. The topological polar surface area (TPSA) is 67.6 Å². The SMILES string of the molecule is CCNC1(C(N)=O)CCCC(N(CCOC)C2CC2)C1. The van der Waals surface area contributed by atoms with Crippen LogP contribution in [0.15, 0.2) is 0 Å². The second-order valence-electron chi connectivity index (χ2n) is 6.19. The van der Waals surface area contributed by atoms with Gasteiger partial charge in [-0.05, 0) is 45.1 Å². The number of carbonyl (C=O) groups excluding carboxylic acids is 1. The number of ether oxygens (including phenoxy) is 1. The van der Waals surface area contributed by atoms with Gasteiger partial charge in [0, 0.05) is 25.7 Å². The number of amides is 1. The van der Waals surface area contributed by atoms with Gasteiger partial charge >= 0.3 is 0 Å². The van der Waals surface area contributed by atoms with Crippen molar-refractivity contribution in [3.8, 4) is 0 Å². The highest BCUT2D eigenvalue weighted by molar-refractivity contribution is 5.84. The van der Waals surface area contributed by atoms with Crippen LogP contribution in [0.5, 0.6) is 0 Å². The highest BCUT2D eigenvalue weighted by Gasteiger charge is 2.44. The van der Waals surface area contributed by atoms with Gasteiger partial charge in [-0.25, -0.2) is 0 Å². The molecule has 2 aliphatic rings. The quantitative estimate of drug-likeness (QED) is 0.694. The van der Waals surface area contributed by atoms with Crippen LogP contribution >= 0.6 is 0 Å². The van der Waals surface area contributed by atoms with Gasteiger partial charge in [0.1, 0.15) is 0 Å². The van der Waals surface area contributed by atoms with Gasteiger partial charge in [0.05, 0.1) is 12.1 Å². The molecule has 0 aromatic rings. The largest absolute Gasteiger partial charge is 0.383 e. The Bertz CT molecular complexity index is 329. The van der Waals surface area contributed by atoms with Crippen molar-refractivity contribution in [2.75, 3.05) is 26.8 Å². The lowest BCUT2D eigenvalue weighted by molar-refractivity contribution is -0.126. The van der Waals surface area contributed by atoms with Crippen molar-refractivity contribution in [3.63, 3.8) is 0 Å². The Morgan fingerprint density at radius 2 is 2.15 bits per heavy atom. The molecule has 2 saturated carbocycles. The van der Waals surface area contributed by atoms with E-state index in [2.05, 4.69) is 10.2 Å². The van der Waals surface area contributed by atoms with Crippen LogP contribution in [0.25, 0.3) is 0 Å². The smallest absolute Gasteiger partial charge is 0.237 e. The minimum Gasteiger partial charge on any atom is -0.383 e. The molecule has 1 amide bonds. The Hall–Kier alpha value is -0.650. The third-order valence-electron chi connectivity index (χ3n) is 4.75. The van der Waals surface area contributed by atoms with Crippen LogP contribution in [0.3, 0.4) is 0 Å². The van der Waals surface area contributed by atoms with E-state index in [9.17, 15) is 4.79 Å². The molecule has 0 heterocycles. The van der Waals surface area contributed by atoms with E-state index < -0.39 is 5.54 Å². The molecule has 2 fully saturated rings. The first-order chi connectivity index (χ1) is 9.63. The lowest BCUT2D eigenvalue weighted by atomic mass is 9.77. The summed E-state index contributed by atoms with van der Waals surface area (Å²) in [7, 11) is 1.75. The summed E-state index contributed by atoms with van der Waals surface area (Å²) in [6, 6.07) is 1.15. The first-order valence-electron chi connectivity index (χ1n) is 7.92. The zero-order valence-corrected chi connectivity index (χ0v) is 12.9. The Morgan fingerprint density at radius 3 is 2.70 bits per heavy atom. The molecule has 5 nitrogen and oxygen atoms in total. The summed E-state index contributed by atoms with van der Waals surface area (Å²) in [6.45, 7) is 4.56. The average molecular weight is 283 g/mol. The van der Waals surface area contributed by atoms with E-state index in [4.69, 9.17) is 10.5 Å². The summed E-state index contributed by atoms with van der Waals surface area (Å²) >= 11 is 0. The number of hydrogen-bond acceptors (Lipinski definition) is 4. The molecule has 2 aliphatic carbocycles. The second kappa shape index (κ2) is 6.87. The molecule has 0 aromatic heterocycles. The second-order valence-corrected chi connectivity index (χ2v) is 6.19. The van der Waals surface area contributed by atoms with E-state index in [1.165, 1.54) is 19.3 Å². The van der Waals surface area contributed by atoms with Gasteiger partial charge in [-0.2, -0.15) is 0 Å². The van der Waals surface area contributed by atoms with E-state index in [1.54, 1.807) is 7.11 Å². The number of nitrogens with zero attached hydrogens (tertiary/aromatic N) is 1. The predicted octanol–water partition coefficient (Wildman–Crippen LogP) is 0.873. The predicted molar refractivity (Wildman–Crippen MR) is 79.5 cm³/mol. The van der Waals surface area contributed by atoms with Crippen LogP contribution in [-0.2, 0) is 9.53 Å². The maximum atomic E-state index is 12.0. The Morgan fingerprint density at radius 1 is 1.40 bits per heavy atom. The summed E-state index contributed by atoms with van der Waals surface area (Å²) in [6.07, 6.45) is 6.51. The molecule has 116 valence electrons. The molecule has 20 heavy (non-hydrogen) atoms. The van der Waals surface area contributed by atoms with Crippen LogP contribution in [0.1, 0.15) is 45.4 Å². The van der Waals surface area contributed by atoms with Crippen LogP contribution in [0.2, 0.25) is 0 Å². The monoisotopic (exact) mass is 283 g/mol. The zero-order valence-electron chi connectivity index (χ0n) is 12.9. The third-order valence-corrected chi connectivity index (χ3v) is 4.75. The van der Waals surface area contributed by atoms with Crippen molar-refractivity contribution < 1.29 is 9.53 Å². The Kier molecular flexibility index (Phi) is 5.41. The molecule has 2 unspecified atom stereocenters. The molecule has 5 heteroatoms. The van der Waals surface area contributed by atoms with Gasteiger partial charge in [-0.15, -0.1) is 0 Å². The van der Waals surface area contributed by atoms with E-state index in [0.29, 0.717) is 12.1 Å². The van der Waals surface area contributed by atoms with E-state index in [-0.39, 0.29) is 5.91 Å². The lowest BCUT2D eigenvalue weighted by Gasteiger charge is -2.43. The number of primary amides is 1. The van der Waals surface area contributed by atoms with Crippen molar-refractivity contribution in [3.05, 3.63) is 0 Å². The van der Waals surface area contributed by atoms with Gasteiger partial charge in [-0.1, -0.05) is 6.92 Å². The maximum Gasteiger partial charge on any atom is 0.237 e. The zero-order chi connectivity index (χ0) is 14.6. The van der Waals surface area contributed by atoms with Crippen LogP contribution in [0, 0.1) is 0 Å². The van der Waals surface area contributed by atoms with Gasteiger partial charge < -0.3 is 15.8 Å². The summed E-state index contributed by atoms with van der Waals surface area (Å²) < 4.78 is 5.24. The fourth-order valence-electron chi connectivity index (χ4n) is 3.60. The van der Waals surface area contributed by atoms with Gasteiger partial charge in [0.25, 0.3) is 0 Å². The molecular weight excluding hydrogens is 254 g/mol. The van der Waals surface area contributed by atoms with Crippen LogP contribution < -0.4 is 11.1 Å². The lowest BCUT2D eigenvalue weighted by Crippen LogP contribution is -2.61. The van der Waals surface area contributed by atoms with Crippen LogP contribution in [0.4, 0.5) is 0 Å². The molecule has 0 aliphatic heterocycles. The molecule has 3 N–H and O–H groups in total. The van der Waals surface area contributed by atoms with E-state index in [0.717, 1.165) is 39.0 Å². The van der Waals surface area contributed by atoms with Gasteiger partial charge in [0.2, 0.25) is 5.91 Å². The summed E-state index contributed by atoms with van der Waals surface area (Å²) in [5, 5.41) is 3.37. The average Bonchev–Trinajstić information content (AvgIpc) is 3.24. The Balaban J connectivity index is 2.04. The third kappa shape index (κ3) is 3.51. The number of nitrogens with two attached hydrogens (primary N) is 1. The molecule has 0 saturated heterocycles. The van der Waals surface area contributed by atoms with Crippen LogP contribution in [-0.4, -0.2) is 55.2 Å². The Labute approximate surface area is 122 Å². The minimum atomic E-state index is -0.502.